The van der Waals surface area contributed by atoms with Gasteiger partial charge in [0.15, 0.2) is 0 Å². The summed E-state index contributed by atoms with van der Waals surface area (Å²) in [6.45, 7) is 0. The standard InChI is InChI=1S/C7H4FO2.H2S/c8-6-3-1-2-5(4-6)7(9)10;/h1-4H;1H2. The van der Waals surface area contributed by atoms with Crippen LogP contribution in [0.25, 0.3) is 0 Å². The largest absolute Gasteiger partial charge is 0.386 e. The van der Waals surface area contributed by atoms with Gasteiger partial charge in [-0.1, -0.05) is 6.07 Å². The van der Waals surface area contributed by atoms with Crippen LogP contribution >= 0.6 is 13.5 Å². The second-order valence-electron chi connectivity index (χ2n) is 1.80. The molecule has 0 aliphatic carbocycles. The molecule has 1 radical (unpaired) electrons. The van der Waals surface area contributed by atoms with Crippen molar-refractivity contribution in [3.05, 3.63) is 35.6 Å². The molecule has 0 amide bonds. The zero-order valence-electron chi connectivity index (χ0n) is 5.50. The first-order valence-corrected chi connectivity index (χ1v) is 2.67. The Morgan fingerprint density at radius 2 is 2.00 bits per heavy atom. The van der Waals surface area contributed by atoms with Crippen LogP contribution in [0.3, 0.4) is 0 Å². The summed E-state index contributed by atoms with van der Waals surface area (Å²) in [5.41, 5.74) is -0.139. The van der Waals surface area contributed by atoms with Crippen molar-refractivity contribution in [2.75, 3.05) is 0 Å². The van der Waals surface area contributed by atoms with Crippen LogP contribution in [0.5, 0.6) is 0 Å². The van der Waals surface area contributed by atoms with Gasteiger partial charge in [0.2, 0.25) is 0 Å². The van der Waals surface area contributed by atoms with E-state index in [0.717, 1.165) is 6.07 Å². The smallest absolute Gasteiger partial charge is 0.242 e. The van der Waals surface area contributed by atoms with E-state index in [1.165, 1.54) is 18.2 Å². The van der Waals surface area contributed by atoms with Gasteiger partial charge in [-0.15, -0.1) is 0 Å². The number of benzene rings is 1. The molecule has 1 rings (SSSR count). The number of hydrogen-bond donors (Lipinski definition) is 0. The van der Waals surface area contributed by atoms with E-state index < -0.39 is 11.8 Å². The number of carbonyl (C=O) groups is 1. The predicted molar refractivity (Wildman–Crippen MR) is 41.8 cm³/mol. The second kappa shape index (κ2) is 3.98. The van der Waals surface area contributed by atoms with Crippen molar-refractivity contribution < 1.29 is 14.3 Å². The summed E-state index contributed by atoms with van der Waals surface area (Å²) < 4.78 is 12.2. The lowest BCUT2D eigenvalue weighted by Crippen LogP contribution is -1.93. The minimum Gasteiger partial charge on any atom is -0.242 e. The number of hydrogen-bond acceptors (Lipinski definition) is 1. The second-order valence-corrected chi connectivity index (χ2v) is 1.80. The van der Waals surface area contributed by atoms with Gasteiger partial charge in [-0.2, -0.15) is 13.5 Å². The van der Waals surface area contributed by atoms with E-state index in [4.69, 9.17) is 0 Å². The molecule has 0 aromatic heterocycles. The van der Waals surface area contributed by atoms with Crippen LogP contribution in [0.4, 0.5) is 4.39 Å². The van der Waals surface area contributed by atoms with Gasteiger partial charge in [0.1, 0.15) is 5.82 Å². The Labute approximate surface area is 70.1 Å². The molecule has 0 saturated heterocycles. The third-order valence-corrected chi connectivity index (χ3v) is 1.06. The van der Waals surface area contributed by atoms with E-state index in [-0.39, 0.29) is 19.1 Å². The summed E-state index contributed by atoms with van der Waals surface area (Å²) in [6.07, 6.45) is 0. The van der Waals surface area contributed by atoms with E-state index in [0.29, 0.717) is 0 Å². The van der Waals surface area contributed by atoms with Gasteiger partial charge in [-0.25, -0.2) is 14.3 Å². The molecular weight excluding hydrogens is 167 g/mol. The Morgan fingerprint density at radius 1 is 1.36 bits per heavy atom. The molecule has 0 atom stereocenters. The molecule has 11 heavy (non-hydrogen) atoms. The Hall–Kier alpha value is -1.03. The van der Waals surface area contributed by atoms with Crippen molar-refractivity contribution >= 4 is 19.5 Å². The van der Waals surface area contributed by atoms with E-state index in [2.05, 4.69) is 0 Å². The molecule has 59 valence electrons. The Morgan fingerprint density at radius 3 is 2.36 bits per heavy atom. The van der Waals surface area contributed by atoms with Crippen LogP contribution in [0.15, 0.2) is 24.3 Å². The molecule has 0 bridgehead atoms. The summed E-state index contributed by atoms with van der Waals surface area (Å²) in [5, 5.41) is 10.1. The van der Waals surface area contributed by atoms with Gasteiger partial charge >= 0.3 is 5.97 Å². The van der Waals surface area contributed by atoms with Gasteiger partial charge in [-0.3, -0.25) is 0 Å². The van der Waals surface area contributed by atoms with Crippen LogP contribution in [0.2, 0.25) is 0 Å². The maximum Gasteiger partial charge on any atom is 0.386 e. The SMILES string of the molecule is S.[O]C(=O)c1cccc(F)c1. The van der Waals surface area contributed by atoms with Crippen molar-refractivity contribution in [1.82, 2.24) is 0 Å². The van der Waals surface area contributed by atoms with Crippen molar-refractivity contribution in [3.63, 3.8) is 0 Å². The van der Waals surface area contributed by atoms with Crippen LogP contribution in [0, 0.1) is 5.82 Å². The molecule has 1 aromatic carbocycles. The topological polar surface area (TPSA) is 37.0 Å². The van der Waals surface area contributed by atoms with E-state index >= 15 is 0 Å². The summed E-state index contributed by atoms with van der Waals surface area (Å²) in [5.74, 6) is -1.93. The Bertz CT molecular complexity index is 262. The molecule has 0 aliphatic heterocycles. The predicted octanol–water partition coefficient (Wildman–Crippen LogP) is 1.51. The van der Waals surface area contributed by atoms with Crippen molar-refractivity contribution in [1.29, 1.82) is 0 Å². The molecule has 2 nitrogen and oxygen atoms in total. The van der Waals surface area contributed by atoms with Crippen LogP contribution < -0.4 is 0 Å². The van der Waals surface area contributed by atoms with Gasteiger partial charge in [0.25, 0.3) is 0 Å². The highest BCUT2D eigenvalue weighted by atomic mass is 32.1. The highest BCUT2D eigenvalue weighted by Gasteiger charge is 2.03. The summed E-state index contributed by atoms with van der Waals surface area (Å²) in [7, 11) is 0. The van der Waals surface area contributed by atoms with Gasteiger partial charge < -0.3 is 0 Å². The fourth-order valence-corrected chi connectivity index (χ4v) is 0.615. The lowest BCUT2D eigenvalue weighted by molar-refractivity contribution is 0.0572. The first kappa shape index (κ1) is 9.97. The van der Waals surface area contributed by atoms with E-state index in [9.17, 15) is 14.3 Å². The highest BCUT2D eigenvalue weighted by molar-refractivity contribution is 7.59. The average Bonchev–Trinajstić information content (AvgIpc) is 1.88. The lowest BCUT2D eigenvalue weighted by atomic mass is 10.2. The number of halogens is 1. The normalized spacial score (nSPS) is 8.45. The summed E-state index contributed by atoms with van der Waals surface area (Å²) in [6, 6.07) is 4.68. The average molecular weight is 173 g/mol. The first-order valence-electron chi connectivity index (χ1n) is 2.67. The maximum absolute atomic E-state index is 12.2. The maximum atomic E-state index is 12.2. The molecule has 0 aliphatic rings. The molecule has 0 saturated carbocycles. The van der Waals surface area contributed by atoms with Crippen LogP contribution in [-0.2, 0) is 5.11 Å². The number of carbonyl (C=O) groups excluding carboxylic acids is 1. The van der Waals surface area contributed by atoms with E-state index in [1.807, 2.05) is 0 Å². The van der Waals surface area contributed by atoms with Crippen LogP contribution in [-0.4, -0.2) is 5.97 Å². The Kier molecular flexibility index (Phi) is 3.60. The molecule has 1 aromatic rings. The van der Waals surface area contributed by atoms with E-state index in [1.54, 1.807) is 0 Å². The van der Waals surface area contributed by atoms with Crippen molar-refractivity contribution in [2.45, 2.75) is 0 Å². The third-order valence-electron chi connectivity index (χ3n) is 1.06. The summed E-state index contributed by atoms with van der Waals surface area (Å²) >= 11 is 0. The zero-order valence-corrected chi connectivity index (χ0v) is 6.50. The lowest BCUT2D eigenvalue weighted by Gasteiger charge is -1.89. The molecule has 0 fully saturated rings. The summed E-state index contributed by atoms with van der Waals surface area (Å²) in [4.78, 5) is 10.1. The quantitative estimate of drug-likeness (QED) is 0.634. The Balaban J connectivity index is 0.000001000. The first-order chi connectivity index (χ1) is 4.70. The van der Waals surface area contributed by atoms with Crippen molar-refractivity contribution in [2.24, 2.45) is 0 Å². The fourth-order valence-electron chi connectivity index (χ4n) is 0.615. The minimum atomic E-state index is -1.36. The third kappa shape index (κ3) is 2.59. The molecule has 0 spiro atoms. The molecular formula is C7H6FO2S. The molecule has 4 heteroatoms. The molecule has 0 heterocycles. The molecule has 0 N–H and O–H groups in total. The van der Waals surface area contributed by atoms with Crippen molar-refractivity contribution in [3.8, 4) is 0 Å². The van der Waals surface area contributed by atoms with Gasteiger partial charge in [0.05, 0.1) is 5.56 Å². The highest BCUT2D eigenvalue weighted by Crippen LogP contribution is 2.02. The molecule has 0 unspecified atom stereocenters. The number of rotatable bonds is 1. The van der Waals surface area contributed by atoms with Gasteiger partial charge in [0, 0.05) is 0 Å². The van der Waals surface area contributed by atoms with Gasteiger partial charge in [-0.05, 0) is 18.2 Å². The monoisotopic (exact) mass is 173 g/mol. The fraction of sp³-hybridized carbons (Fsp3) is 0. The van der Waals surface area contributed by atoms with Crippen LogP contribution in [0.1, 0.15) is 10.4 Å². The minimum absolute atomic E-state index is 0. The zero-order chi connectivity index (χ0) is 7.56.